The number of hydrogen-bond acceptors (Lipinski definition) is 3. The van der Waals surface area contributed by atoms with Crippen molar-refractivity contribution >= 4 is 11.7 Å². The summed E-state index contributed by atoms with van der Waals surface area (Å²) in [4.78, 5) is 24.1. The average molecular weight is 426 g/mol. The zero-order valence-electron chi connectivity index (χ0n) is 18.8. The molecule has 0 heterocycles. The fourth-order valence-corrected chi connectivity index (χ4v) is 4.52. The van der Waals surface area contributed by atoms with Crippen molar-refractivity contribution in [2.24, 2.45) is 17.8 Å². The maximum Gasteiger partial charge on any atom is 0.220 e. The summed E-state index contributed by atoms with van der Waals surface area (Å²) in [6.45, 7) is 0.864. The summed E-state index contributed by atoms with van der Waals surface area (Å²) in [6, 6.07) is 10.2. The number of unbranched alkanes of at least 4 members (excludes halogenated alkanes) is 3. The minimum Gasteiger partial charge on any atom is -0.393 e. The molecular formula is C27H39NO3. The Balaban J connectivity index is 1.25. The third-order valence-electron chi connectivity index (χ3n) is 6.79. The largest absolute Gasteiger partial charge is 0.393 e. The predicted molar refractivity (Wildman–Crippen MR) is 125 cm³/mol. The van der Waals surface area contributed by atoms with E-state index in [1.807, 2.05) is 18.2 Å². The number of carbonyl (C=O) groups is 2. The lowest BCUT2D eigenvalue weighted by Crippen LogP contribution is -2.25. The Morgan fingerprint density at radius 3 is 2.58 bits per heavy atom. The van der Waals surface area contributed by atoms with Crippen molar-refractivity contribution in [2.75, 3.05) is 6.54 Å². The van der Waals surface area contributed by atoms with E-state index in [9.17, 15) is 14.7 Å². The number of hydrogen-bond donors (Lipinski definition) is 2. The van der Waals surface area contributed by atoms with Gasteiger partial charge in [0.25, 0.3) is 0 Å². The highest BCUT2D eigenvalue weighted by Gasteiger charge is 2.29. The van der Waals surface area contributed by atoms with Gasteiger partial charge in [-0.05, 0) is 74.8 Å². The number of aliphatic hydroxyl groups is 1. The van der Waals surface area contributed by atoms with Crippen LogP contribution in [0, 0.1) is 17.8 Å². The molecule has 4 heteroatoms. The van der Waals surface area contributed by atoms with Gasteiger partial charge >= 0.3 is 0 Å². The van der Waals surface area contributed by atoms with Crippen LogP contribution in [0.4, 0.5) is 0 Å². The normalized spacial score (nSPS) is 21.4. The number of carbonyl (C=O) groups excluding carboxylic acids is 2. The molecule has 0 bridgehead atoms. The molecule has 0 unspecified atom stereocenters. The first kappa shape index (κ1) is 23.7. The maximum absolute atomic E-state index is 12.3. The second-order valence-electron chi connectivity index (χ2n) is 9.49. The average Bonchev–Trinajstić information content (AvgIpc) is 3.55. The number of rotatable bonds is 15. The van der Waals surface area contributed by atoms with Crippen molar-refractivity contribution < 1.29 is 14.7 Å². The van der Waals surface area contributed by atoms with Gasteiger partial charge in [-0.2, -0.15) is 0 Å². The quantitative estimate of drug-likeness (QED) is 0.389. The van der Waals surface area contributed by atoms with Gasteiger partial charge < -0.3 is 10.4 Å². The van der Waals surface area contributed by atoms with E-state index in [1.54, 1.807) is 6.08 Å². The molecule has 1 saturated carbocycles. The molecule has 1 aromatic carbocycles. The monoisotopic (exact) mass is 425 g/mol. The number of aryl methyl sites for hydroxylation is 1. The molecule has 0 saturated heterocycles. The lowest BCUT2D eigenvalue weighted by molar-refractivity contribution is -0.121. The number of ketones is 1. The molecule has 170 valence electrons. The Labute approximate surface area is 187 Å². The highest BCUT2D eigenvalue weighted by molar-refractivity contribution is 5.94. The summed E-state index contributed by atoms with van der Waals surface area (Å²) in [7, 11) is 0. The lowest BCUT2D eigenvalue weighted by atomic mass is 9.85. The number of aliphatic hydroxyl groups excluding tert-OH is 1. The number of allylic oxidation sites excluding steroid dienone is 2. The Kier molecular flexibility index (Phi) is 9.80. The van der Waals surface area contributed by atoms with Gasteiger partial charge in [0.15, 0.2) is 5.78 Å². The predicted octanol–water partition coefficient (Wildman–Crippen LogP) is 5.00. The van der Waals surface area contributed by atoms with E-state index in [1.165, 1.54) is 18.4 Å². The topological polar surface area (TPSA) is 66.4 Å². The summed E-state index contributed by atoms with van der Waals surface area (Å²) < 4.78 is 0. The first-order chi connectivity index (χ1) is 15.1. The Morgan fingerprint density at radius 1 is 1.03 bits per heavy atom. The fourth-order valence-electron chi connectivity index (χ4n) is 4.52. The van der Waals surface area contributed by atoms with Crippen LogP contribution in [0.3, 0.4) is 0 Å². The molecule has 2 N–H and O–H groups in total. The van der Waals surface area contributed by atoms with Gasteiger partial charge in [0.05, 0.1) is 6.10 Å². The summed E-state index contributed by atoms with van der Waals surface area (Å²) in [5.41, 5.74) is 1.25. The Morgan fingerprint density at radius 2 is 1.81 bits per heavy atom. The summed E-state index contributed by atoms with van der Waals surface area (Å²) in [5, 5.41) is 13.4. The van der Waals surface area contributed by atoms with Crippen LogP contribution in [-0.2, 0) is 16.0 Å². The van der Waals surface area contributed by atoms with Gasteiger partial charge in [-0.3, -0.25) is 9.59 Å². The molecule has 3 rings (SSSR count). The van der Waals surface area contributed by atoms with E-state index in [0.717, 1.165) is 63.8 Å². The molecule has 31 heavy (non-hydrogen) atoms. The van der Waals surface area contributed by atoms with Gasteiger partial charge in [0.1, 0.15) is 0 Å². The first-order valence-corrected chi connectivity index (χ1v) is 12.3. The fraction of sp³-hybridized carbons (Fsp3) is 0.630. The first-order valence-electron chi connectivity index (χ1n) is 12.3. The summed E-state index contributed by atoms with van der Waals surface area (Å²) in [6.07, 6.45) is 15.0. The van der Waals surface area contributed by atoms with E-state index in [2.05, 4.69) is 23.5 Å². The maximum atomic E-state index is 12.3. The standard InChI is InChI=1S/C27H39NO3/c29-24(16-14-21-8-4-3-5-9-21)17-18-25-23(15-19-26(25)30)10-6-1-2-7-11-27(31)28-20-22-12-13-22/h3-5,8-9,15,19,22-25,29H,1-2,6-7,10-14,16-18,20H2,(H,28,31)/t23-,24-,25+/m0/s1. The second-order valence-corrected chi connectivity index (χ2v) is 9.49. The van der Waals surface area contributed by atoms with Gasteiger partial charge in [-0.15, -0.1) is 0 Å². The number of nitrogens with one attached hydrogen (secondary N) is 1. The molecule has 1 aromatic rings. The molecule has 0 aromatic heterocycles. The van der Waals surface area contributed by atoms with Crippen molar-refractivity contribution in [2.45, 2.75) is 83.2 Å². The molecule has 4 nitrogen and oxygen atoms in total. The van der Waals surface area contributed by atoms with Crippen LogP contribution in [0.1, 0.15) is 76.2 Å². The number of amides is 1. The van der Waals surface area contributed by atoms with Crippen LogP contribution >= 0.6 is 0 Å². The van der Waals surface area contributed by atoms with Crippen molar-refractivity contribution in [3.63, 3.8) is 0 Å². The van der Waals surface area contributed by atoms with Gasteiger partial charge in [0, 0.05) is 18.9 Å². The molecule has 0 spiro atoms. The molecule has 2 aliphatic rings. The third kappa shape index (κ3) is 8.98. The van der Waals surface area contributed by atoms with Crippen LogP contribution in [-0.4, -0.2) is 29.4 Å². The molecule has 1 amide bonds. The van der Waals surface area contributed by atoms with Gasteiger partial charge in [0.2, 0.25) is 5.91 Å². The number of benzene rings is 1. The molecule has 0 aliphatic heterocycles. The van der Waals surface area contributed by atoms with Gasteiger partial charge in [-0.25, -0.2) is 0 Å². The van der Waals surface area contributed by atoms with Crippen LogP contribution in [0.15, 0.2) is 42.5 Å². The third-order valence-corrected chi connectivity index (χ3v) is 6.79. The molecule has 3 atom stereocenters. The SMILES string of the molecule is O=C(CCCCCC[C@H]1C=CC(=O)[C@@H]1CC[C@@H](O)CCc1ccccc1)NCC1CC1. The second kappa shape index (κ2) is 12.8. The summed E-state index contributed by atoms with van der Waals surface area (Å²) in [5.74, 6) is 1.52. The molecule has 1 fully saturated rings. The molecule has 2 aliphatic carbocycles. The molecule has 0 radical (unpaired) electrons. The summed E-state index contributed by atoms with van der Waals surface area (Å²) >= 11 is 0. The van der Waals surface area contributed by atoms with Crippen LogP contribution in [0.5, 0.6) is 0 Å². The van der Waals surface area contributed by atoms with E-state index in [-0.39, 0.29) is 23.7 Å². The van der Waals surface area contributed by atoms with Crippen LogP contribution in [0.25, 0.3) is 0 Å². The zero-order valence-corrected chi connectivity index (χ0v) is 18.8. The van der Waals surface area contributed by atoms with Crippen molar-refractivity contribution in [3.8, 4) is 0 Å². The van der Waals surface area contributed by atoms with E-state index in [0.29, 0.717) is 18.8 Å². The Hall–Kier alpha value is -1.94. The van der Waals surface area contributed by atoms with E-state index in [4.69, 9.17) is 0 Å². The Bertz CT molecular complexity index is 710. The minimum atomic E-state index is -0.347. The molecular weight excluding hydrogens is 386 g/mol. The highest BCUT2D eigenvalue weighted by atomic mass is 16.3. The minimum absolute atomic E-state index is 0.0413. The van der Waals surface area contributed by atoms with Gasteiger partial charge in [-0.1, -0.05) is 55.7 Å². The van der Waals surface area contributed by atoms with E-state index >= 15 is 0 Å². The van der Waals surface area contributed by atoms with E-state index < -0.39 is 0 Å². The zero-order chi connectivity index (χ0) is 21.9. The van der Waals surface area contributed by atoms with Crippen molar-refractivity contribution in [1.82, 2.24) is 5.32 Å². The lowest BCUT2D eigenvalue weighted by Gasteiger charge is -2.20. The smallest absolute Gasteiger partial charge is 0.220 e. The van der Waals surface area contributed by atoms with Crippen molar-refractivity contribution in [1.29, 1.82) is 0 Å². The van der Waals surface area contributed by atoms with Crippen molar-refractivity contribution in [3.05, 3.63) is 48.0 Å². The highest BCUT2D eigenvalue weighted by Crippen LogP contribution is 2.32. The van der Waals surface area contributed by atoms with Crippen LogP contribution < -0.4 is 5.32 Å². The van der Waals surface area contributed by atoms with Crippen LogP contribution in [0.2, 0.25) is 0 Å².